The molecule has 0 spiro atoms. The van der Waals surface area contributed by atoms with Crippen LogP contribution in [0.2, 0.25) is 0 Å². The van der Waals surface area contributed by atoms with Gasteiger partial charge in [0.25, 0.3) is 0 Å². The average molecular weight is 284 g/mol. The number of carbonyl (C=O) groups excluding carboxylic acids is 1. The van der Waals surface area contributed by atoms with Gasteiger partial charge >= 0.3 is 5.97 Å². The van der Waals surface area contributed by atoms with Crippen LogP contribution < -0.4 is 0 Å². The molecule has 0 aliphatic heterocycles. The Hall–Kier alpha value is -2.23. The van der Waals surface area contributed by atoms with E-state index in [9.17, 15) is 4.79 Å². The summed E-state index contributed by atoms with van der Waals surface area (Å²) >= 11 is 0. The first kappa shape index (κ1) is 15.2. The second-order valence-corrected chi connectivity index (χ2v) is 5.40. The summed E-state index contributed by atoms with van der Waals surface area (Å²) < 4.78 is 5.00. The Morgan fingerprint density at radius 2 is 1.90 bits per heavy atom. The van der Waals surface area contributed by atoms with Crippen LogP contribution in [0.15, 0.2) is 36.5 Å². The van der Waals surface area contributed by atoms with Crippen LogP contribution in [0.1, 0.15) is 48.2 Å². The van der Waals surface area contributed by atoms with Crippen LogP contribution >= 0.6 is 0 Å². The van der Waals surface area contributed by atoms with Crippen molar-refractivity contribution in [3.63, 3.8) is 0 Å². The summed E-state index contributed by atoms with van der Waals surface area (Å²) in [4.78, 5) is 20.7. The molecule has 0 saturated carbocycles. The summed E-state index contributed by atoms with van der Waals surface area (Å²) in [7, 11) is 0. The highest BCUT2D eigenvalue weighted by molar-refractivity contribution is 5.90. The van der Waals surface area contributed by atoms with Crippen LogP contribution in [0.4, 0.5) is 0 Å². The Kier molecular flexibility index (Phi) is 4.36. The van der Waals surface area contributed by atoms with Crippen LogP contribution in [-0.4, -0.2) is 22.5 Å². The van der Waals surface area contributed by atoms with Crippen molar-refractivity contribution in [2.75, 3.05) is 6.61 Å². The monoisotopic (exact) mass is 284 g/mol. The summed E-state index contributed by atoms with van der Waals surface area (Å²) in [6.45, 7) is 8.07. The van der Waals surface area contributed by atoms with Crippen molar-refractivity contribution in [1.82, 2.24) is 9.97 Å². The van der Waals surface area contributed by atoms with Crippen LogP contribution in [0, 0.1) is 6.92 Å². The summed E-state index contributed by atoms with van der Waals surface area (Å²) in [5.41, 5.74) is 1.87. The summed E-state index contributed by atoms with van der Waals surface area (Å²) in [6.07, 6.45) is 1.56. The van der Waals surface area contributed by atoms with Gasteiger partial charge in [-0.15, -0.1) is 0 Å². The predicted octanol–water partition coefficient (Wildman–Crippen LogP) is 3.29. The van der Waals surface area contributed by atoms with E-state index in [0.717, 1.165) is 5.56 Å². The van der Waals surface area contributed by atoms with Crippen molar-refractivity contribution in [2.24, 2.45) is 0 Å². The number of aromatic nitrogens is 2. The molecule has 0 fully saturated rings. The number of hydrogen-bond acceptors (Lipinski definition) is 4. The van der Waals surface area contributed by atoms with Crippen molar-refractivity contribution < 1.29 is 9.53 Å². The number of hydrogen-bond donors (Lipinski definition) is 0. The SMILES string of the molecule is CCOC(=O)c1cnc(C(C)(C)c2ccccc2)nc1C. The van der Waals surface area contributed by atoms with Gasteiger partial charge in [0.05, 0.1) is 17.9 Å². The van der Waals surface area contributed by atoms with Gasteiger partial charge in [0.2, 0.25) is 0 Å². The van der Waals surface area contributed by atoms with Gasteiger partial charge in [0.15, 0.2) is 0 Å². The maximum Gasteiger partial charge on any atom is 0.341 e. The minimum atomic E-state index is -0.376. The van der Waals surface area contributed by atoms with Crippen LogP contribution in [0.3, 0.4) is 0 Å². The van der Waals surface area contributed by atoms with Crippen LogP contribution in [0.25, 0.3) is 0 Å². The quantitative estimate of drug-likeness (QED) is 0.808. The molecule has 21 heavy (non-hydrogen) atoms. The second kappa shape index (κ2) is 6.04. The van der Waals surface area contributed by atoms with E-state index in [-0.39, 0.29) is 11.4 Å². The molecule has 1 aromatic carbocycles. The topological polar surface area (TPSA) is 52.1 Å². The first-order valence-electron chi connectivity index (χ1n) is 7.03. The number of ether oxygens (including phenoxy) is 1. The molecular formula is C17H20N2O2. The zero-order valence-electron chi connectivity index (χ0n) is 12.9. The highest BCUT2D eigenvalue weighted by Crippen LogP contribution is 2.28. The molecule has 1 aromatic heterocycles. The molecule has 0 aliphatic carbocycles. The molecule has 0 N–H and O–H groups in total. The first-order chi connectivity index (χ1) is 9.96. The van der Waals surface area contributed by atoms with Crippen molar-refractivity contribution >= 4 is 5.97 Å². The number of esters is 1. The molecule has 0 radical (unpaired) electrons. The van der Waals surface area contributed by atoms with Crippen molar-refractivity contribution in [3.8, 4) is 0 Å². The van der Waals surface area contributed by atoms with Gasteiger partial charge in [0, 0.05) is 11.6 Å². The number of carbonyl (C=O) groups is 1. The third kappa shape index (κ3) is 3.10. The third-order valence-electron chi connectivity index (χ3n) is 3.53. The van der Waals surface area contributed by atoms with E-state index in [0.29, 0.717) is 23.7 Å². The number of nitrogens with zero attached hydrogens (tertiary/aromatic N) is 2. The molecule has 1 heterocycles. The van der Waals surface area contributed by atoms with E-state index in [4.69, 9.17) is 4.74 Å². The zero-order valence-corrected chi connectivity index (χ0v) is 12.9. The van der Waals surface area contributed by atoms with Crippen LogP contribution in [0.5, 0.6) is 0 Å². The lowest BCUT2D eigenvalue weighted by Crippen LogP contribution is -2.23. The minimum absolute atomic E-state index is 0.320. The number of benzene rings is 1. The Balaban J connectivity index is 2.38. The van der Waals surface area contributed by atoms with Gasteiger partial charge < -0.3 is 4.74 Å². The van der Waals surface area contributed by atoms with E-state index in [1.165, 1.54) is 0 Å². The fourth-order valence-corrected chi connectivity index (χ4v) is 2.16. The van der Waals surface area contributed by atoms with Gasteiger partial charge in [-0.25, -0.2) is 14.8 Å². The number of aryl methyl sites for hydroxylation is 1. The van der Waals surface area contributed by atoms with Crippen molar-refractivity contribution in [3.05, 3.63) is 59.2 Å². The smallest absolute Gasteiger partial charge is 0.341 e. The fourth-order valence-electron chi connectivity index (χ4n) is 2.16. The molecular weight excluding hydrogens is 264 g/mol. The number of rotatable bonds is 4. The summed E-state index contributed by atoms with van der Waals surface area (Å²) in [5.74, 6) is 0.318. The standard InChI is InChI=1S/C17H20N2O2/c1-5-21-15(20)14-11-18-16(19-12(14)2)17(3,4)13-9-7-6-8-10-13/h6-11H,5H2,1-4H3. The minimum Gasteiger partial charge on any atom is -0.462 e. The molecule has 0 unspecified atom stereocenters. The van der Waals surface area contributed by atoms with E-state index in [2.05, 4.69) is 35.9 Å². The fraction of sp³-hybridized carbons (Fsp3) is 0.353. The molecule has 2 aromatic rings. The molecule has 110 valence electrons. The van der Waals surface area contributed by atoms with Gasteiger partial charge in [-0.2, -0.15) is 0 Å². The highest BCUT2D eigenvalue weighted by atomic mass is 16.5. The second-order valence-electron chi connectivity index (χ2n) is 5.40. The maximum absolute atomic E-state index is 11.8. The van der Waals surface area contributed by atoms with Crippen LogP contribution in [-0.2, 0) is 10.2 Å². The Morgan fingerprint density at radius 1 is 1.24 bits per heavy atom. The van der Waals surface area contributed by atoms with Crippen molar-refractivity contribution in [2.45, 2.75) is 33.1 Å². The Bertz CT molecular complexity index is 636. The molecule has 0 bridgehead atoms. The first-order valence-corrected chi connectivity index (χ1v) is 7.03. The van der Waals surface area contributed by atoms with Gasteiger partial charge in [-0.3, -0.25) is 0 Å². The molecule has 0 atom stereocenters. The lowest BCUT2D eigenvalue weighted by molar-refractivity contribution is 0.0524. The molecule has 0 amide bonds. The van der Waals surface area contributed by atoms with E-state index >= 15 is 0 Å². The third-order valence-corrected chi connectivity index (χ3v) is 3.53. The summed E-state index contributed by atoms with van der Waals surface area (Å²) in [5, 5.41) is 0. The average Bonchev–Trinajstić information content (AvgIpc) is 2.48. The van der Waals surface area contributed by atoms with E-state index in [1.54, 1.807) is 20.0 Å². The van der Waals surface area contributed by atoms with Gasteiger partial charge in [-0.05, 0) is 33.3 Å². The van der Waals surface area contributed by atoms with E-state index in [1.807, 2.05) is 18.2 Å². The molecule has 2 rings (SSSR count). The Labute approximate surface area is 125 Å². The zero-order chi connectivity index (χ0) is 15.5. The summed E-state index contributed by atoms with van der Waals surface area (Å²) in [6, 6.07) is 10.1. The predicted molar refractivity (Wildman–Crippen MR) is 81.3 cm³/mol. The van der Waals surface area contributed by atoms with Gasteiger partial charge in [0.1, 0.15) is 5.82 Å². The normalized spacial score (nSPS) is 11.2. The van der Waals surface area contributed by atoms with Crippen molar-refractivity contribution in [1.29, 1.82) is 0 Å². The maximum atomic E-state index is 11.8. The molecule has 4 nitrogen and oxygen atoms in total. The lowest BCUT2D eigenvalue weighted by atomic mass is 9.83. The van der Waals surface area contributed by atoms with E-state index < -0.39 is 0 Å². The molecule has 0 aliphatic rings. The molecule has 0 saturated heterocycles. The highest BCUT2D eigenvalue weighted by Gasteiger charge is 2.27. The largest absolute Gasteiger partial charge is 0.462 e. The van der Waals surface area contributed by atoms with Gasteiger partial charge in [-0.1, -0.05) is 30.3 Å². The Morgan fingerprint density at radius 3 is 2.48 bits per heavy atom. The molecule has 4 heteroatoms. The lowest BCUT2D eigenvalue weighted by Gasteiger charge is -2.24.